The molecule has 0 saturated carbocycles. The van der Waals surface area contributed by atoms with Crippen LogP contribution >= 0.6 is 0 Å². The molecule has 0 amide bonds. The van der Waals surface area contributed by atoms with Gasteiger partial charge in [0.15, 0.2) is 5.78 Å². The number of aromatic nitrogens is 2. The third-order valence-corrected chi connectivity index (χ3v) is 2.40. The summed E-state index contributed by atoms with van der Waals surface area (Å²) in [7, 11) is 0. The molecular weight excluding hydrogens is 164 g/mol. The summed E-state index contributed by atoms with van der Waals surface area (Å²) < 4.78 is 1.74. The fraction of sp³-hybridized carbons (Fsp3) is 0.600. The number of rotatable bonds is 4. The van der Waals surface area contributed by atoms with Crippen LogP contribution in [-0.4, -0.2) is 15.6 Å². The number of hydrogen-bond acceptors (Lipinski definition) is 2. The predicted octanol–water partition coefficient (Wildman–Crippen LogP) is 1.81. The maximum absolute atomic E-state index is 11.5. The summed E-state index contributed by atoms with van der Waals surface area (Å²) in [5.74, 6) is 0.401. The lowest BCUT2D eigenvalue weighted by atomic mass is 10.0. The molecule has 0 bridgehead atoms. The highest BCUT2D eigenvalue weighted by molar-refractivity contribution is 5.80. The number of carbonyl (C=O) groups is 1. The fourth-order valence-electron chi connectivity index (χ4n) is 1.10. The van der Waals surface area contributed by atoms with Crippen molar-refractivity contribution >= 4 is 5.78 Å². The average molecular weight is 180 g/mol. The van der Waals surface area contributed by atoms with E-state index in [-0.39, 0.29) is 11.7 Å². The van der Waals surface area contributed by atoms with Gasteiger partial charge in [-0.15, -0.1) is 0 Å². The normalized spacial score (nSPS) is 12.8. The van der Waals surface area contributed by atoms with Crippen molar-refractivity contribution < 1.29 is 4.79 Å². The molecule has 0 N–H and O–H groups in total. The van der Waals surface area contributed by atoms with Crippen LogP contribution in [0, 0.1) is 12.8 Å². The van der Waals surface area contributed by atoms with Gasteiger partial charge in [-0.1, -0.05) is 13.8 Å². The van der Waals surface area contributed by atoms with E-state index < -0.39 is 0 Å². The summed E-state index contributed by atoms with van der Waals surface area (Å²) in [5, 5.41) is 4.07. The molecule has 1 aromatic rings. The van der Waals surface area contributed by atoms with Gasteiger partial charge in [-0.05, 0) is 19.4 Å². The van der Waals surface area contributed by atoms with Crippen LogP contribution in [0.4, 0.5) is 0 Å². The Bertz CT molecular complexity index is 291. The zero-order valence-corrected chi connectivity index (χ0v) is 8.45. The van der Waals surface area contributed by atoms with Crippen molar-refractivity contribution in [1.29, 1.82) is 0 Å². The fourth-order valence-corrected chi connectivity index (χ4v) is 1.10. The standard InChI is InChI=1S/C10H16N2O/c1-4-8(2)10(13)7-12-9(3)5-6-11-12/h5-6,8H,4,7H2,1-3H3. The van der Waals surface area contributed by atoms with Gasteiger partial charge in [0, 0.05) is 17.8 Å². The van der Waals surface area contributed by atoms with Crippen LogP contribution in [0.15, 0.2) is 12.3 Å². The van der Waals surface area contributed by atoms with E-state index in [0.29, 0.717) is 6.54 Å². The average Bonchev–Trinajstić information content (AvgIpc) is 2.50. The molecule has 1 rings (SSSR count). The Morgan fingerprint density at radius 2 is 2.38 bits per heavy atom. The zero-order valence-electron chi connectivity index (χ0n) is 8.45. The van der Waals surface area contributed by atoms with Gasteiger partial charge in [0.2, 0.25) is 0 Å². The minimum Gasteiger partial charge on any atom is -0.297 e. The number of nitrogens with zero attached hydrogens (tertiary/aromatic N) is 2. The maximum atomic E-state index is 11.5. The van der Waals surface area contributed by atoms with Crippen LogP contribution in [0.1, 0.15) is 26.0 Å². The molecule has 3 heteroatoms. The van der Waals surface area contributed by atoms with Gasteiger partial charge in [0.1, 0.15) is 6.54 Å². The van der Waals surface area contributed by atoms with E-state index in [9.17, 15) is 4.79 Å². The number of Topliss-reactive ketones (excluding diaryl/α,β-unsaturated/α-hetero) is 1. The monoisotopic (exact) mass is 180 g/mol. The van der Waals surface area contributed by atoms with E-state index in [1.54, 1.807) is 10.9 Å². The highest BCUT2D eigenvalue weighted by Crippen LogP contribution is 2.05. The molecule has 1 atom stereocenters. The highest BCUT2D eigenvalue weighted by Gasteiger charge is 2.11. The molecule has 0 radical (unpaired) electrons. The zero-order chi connectivity index (χ0) is 9.84. The summed E-state index contributed by atoms with van der Waals surface area (Å²) in [5.41, 5.74) is 1.04. The van der Waals surface area contributed by atoms with Crippen molar-refractivity contribution in [3.05, 3.63) is 18.0 Å². The smallest absolute Gasteiger partial charge is 0.157 e. The first kappa shape index (κ1) is 9.96. The van der Waals surface area contributed by atoms with Crippen LogP contribution in [0.5, 0.6) is 0 Å². The third kappa shape index (κ3) is 2.41. The van der Waals surface area contributed by atoms with Gasteiger partial charge < -0.3 is 0 Å². The molecule has 13 heavy (non-hydrogen) atoms. The van der Waals surface area contributed by atoms with Crippen molar-refractivity contribution in [2.24, 2.45) is 5.92 Å². The van der Waals surface area contributed by atoms with Crippen molar-refractivity contribution in [2.45, 2.75) is 33.7 Å². The quantitative estimate of drug-likeness (QED) is 0.708. The van der Waals surface area contributed by atoms with Gasteiger partial charge in [-0.25, -0.2) is 0 Å². The second kappa shape index (κ2) is 4.21. The van der Waals surface area contributed by atoms with Crippen molar-refractivity contribution in [3.63, 3.8) is 0 Å². The molecule has 0 aliphatic rings. The Morgan fingerprint density at radius 1 is 1.69 bits per heavy atom. The van der Waals surface area contributed by atoms with Crippen LogP contribution in [0.3, 0.4) is 0 Å². The number of carbonyl (C=O) groups excluding carboxylic acids is 1. The summed E-state index contributed by atoms with van der Waals surface area (Å²) in [6.07, 6.45) is 2.62. The molecule has 0 aliphatic heterocycles. The van der Waals surface area contributed by atoms with Gasteiger partial charge in [0.25, 0.3) is 0 Å². The molecule has 3 nitrogen and oxygen atoms in total. The molecule has 0 aromatic carbocycles. The highest BCUT2D eigenvalue weighted by atomic mass is 16.1. The minimum absolute atomic E-state index is 0.142. The molecule has 0 aliphatic carbocycles. The van der Waals surface area contributed by atoms with Gasteiger partial charge in [-0.2, -0.15) is 5.10 Å². The van der Waals surface area contributed by atoms with E-state index >= 15 is 0 Å². The van der Waals surface area contributed by atoms with E-state index in [2.05, 4.69) is 5.10 Å². The van der Waals surface area contributed by atoms with Crippen molar-refractivity contribution in [3.8, 4) is 0 Å². The Balaban J connectivity index is 2.60. The molecule has 0 spiro atoms. The van der Waals surface area contributed by atoms with Crippen LogP contribution in [0.2, 0.25) is 0 Å². The van der Waals surface area contributed by atoms with E-state index in [0.717, 1.165) is 12.1 Å². The second-order valence-corrected chi connectivity index (χ2v) is 3.41. The Morgan fingerprint density at radius 3 is 2.85 bits per heavy atom. The number of ketones is 1. The molecule has 0 saturated heterocycles. The van der Waals surface area contributed by atoms with Crippen LogP contribution in [-0.2, 0) is 11.3 Å². The van der Waals surface area contributed by atoms with Crippen LogP contribution in [0.25, 0.3) is 0 Å². The first-order chi connectivity index (χ1) is 6.15. The van der Waals surface area contributed by atoms with Gasteiger partial charge in [-0.3, -0.25) is 9.48 Å². The number of hydrogen-bond donors (Lipinski definition) is 0. The molecule has 1 aromatic heterocycles. The Hall–Kier alpha value is -1.12. The van der Waals surface area contributed by atoms with E-state index in [1.165, 1.54) is 0 Å². The number of aryl methyl sites for hydroxylation is 1. The van der Waals surface area contributed by atoms with Gasteiger partial charge in [0.05, 0.1) is 0 Å². The largest absolute Gasteiger partial charge is 0.297 e. The first-order valence-corrected chi connectivity index (χ1v) is 4.66. The third-order valence-electron chi connectivity index (χ3n) is 2.40. The SMILES string of the molecule is CCC(C)C(=O)Cn1nccc1C. The molecule has 1 heterocycles. The minimum atomic E-state index is 0.142. The molecular formula is C10H16N2O. The summed E-state index contributed by atoms with van der Waals surface area (Å²) in [6.45, 7) is 6.35. The summed E-state index contributed by atoms with van der Waals surface area (Å²) in [4.78, 5) is 11.5. The Labute approximate surface area is 78.8 Å². The second-order valence-electron chi connectivity index (χ2n) is 3.41. The van der Waals surface area contributed by atoms with Gasteiger partial charge >= 0.3 is 0 Å². The maximum Gasteiger partial charge on any atom is 0.157 e. The Kier molecular flexibility index (Phi) is 3.23. The van der Waals surface area contributed by atoms with E-state index in [1.807, 2.05) is 26.8 Å². The lowest BCUT2D eigenvalue weighted by Crippen LogP contribution is -2.18. The van der Waals surface area contributed by atoms with Crippen LogP contribution < -0.4 is 0 Å². The molecule has 72 valence electrons. The predicted molar refractivity (Wildman–Crippen MR) is 51.4 cm³/mol. The summed E-state index contributed by atoms with van der Waals surface area (Å²) in [6, 6.07) is 1.91. The van der Waals surface area contributed by atoms with Crippen molar-refractivity contribution in [2.75, 3.05) is 0 Å². The molecule has 0 fully saturated rings. The first-order valence-electron chi connectivity index (χ1n) is 4.66. The lowest BCUT2D eigenvalue weighted by Gasteiger charge is -2.08. The van der Waals surface area contributed by atoms with Crippen molar-refractivity contribution in [1.82, 2.24) is 9.78 Å². The molecule has 1 unspecified atom stereocenters. The van der Waals surface area contributed by atoms with E-state index in [4.69, 9.17) is 0 Å². The lowest BCUT2D eigenvalue weighted by molar-refractivity contribution is -0.123. The summed E-state index contributed by atoms with van der Waals surface area (Å²) >= 11 is 0. The topological polar surface area (TPSA) is 34.9 Å².